The Labute approximate surface area is 174 Å². The van der Waals surface area contributed by atoms with Crippen LogP contribution >= 0.6 is 0 Å². The van der Waals surface area contributed by atoms with Crippen LogP contribution in [0.15, 0.2) is 12.2 Å². The zero-order valence-electron chi connectivity index (χ0n) is 17.3. The zero-order valence-corrected chi connectivity index (χ0v) is 17.3. The molecule has 0 amide bonds. The van der Waals surface area contributed by atoms with Crippen LogP contribution in [0, 0.1) is 34.0 Å². The number of allylic oxidation sites excluding steroid dienone is 1. The van der Waals surface area contributed by atoms with Crippen LogP contribution in [0.3, 0.4) is 0 Å². The molecule has 4 bridgehead atoms. The van der Waals surface area contributed by atoms with Crippen molar-refractivity contribution >= 4 is 11.8 Å². The average molecular weight is 422 g/mol. The molecular weight excluding hydrogens is 392 g/mol. The van der Waals surface area contributed by atoms with Crippen molar-refractivity contribution in [3.8, 4) is 0 Å². The van der Waals surface area contributed by atoms with Crippen molar-refractivity contribution in [1.82, 2.24) is 0 Å². The van der Waals surface area contributed by atoms with Gasteiger partial charge in [0, 0.05) is 29.6 Å². The molecule has 0 aromatic heterocycles. The molecule has 10 atom stereocenters. The van der Waals surface area contributed by atoms with Crippen molar-refractivity contribution in [2.24, 2.45) is 34.0 Å². The van der Waals surface area contributed by atoms with Gasteiger partial charge in [-0.3, -0.25) is 9.59 Å². The number of aliphatic hydroxyl groups excluding tert-OH is 3. The zero-order chi connectivity index (χ0) is 21.9. The lowest BCUT2D eigenvalue weighted by Gasteiger charge is -2.74. The normalized spacial score (nSPS) is 56.5. The first-order valence-corrected chi connectivity index (χ1v) is 10.7. The van der Waals surface area contributed by atoms with Crippen LogP contribution in [0.25, 0.3) is 0 Å². The molecule has 2 spiro atoms. The Morgan fingerprint density at radius 3 is 2.67 bits per heavy atom. The molecule has 6 fully saturated rings. The van der Waals surface area contributed by atoms with Gasteiger partial charge in [0.15, 0.2) is 5.78 Å². The van der Waals surface area contributed by atoms with Crippen molar-refractivity contribution < 1.29 is 39.5 Å². The van der Waals surface area contributed by atoms with E-state index in [4.69, 9.17) is 9.47 Å². The molecule has 2 saturated heterocycles. The molecule has 6 aliphatic rings. The van der Waals surface area contributed by atoms with Gasteiger partial charge in [0.05, 0.1) is 30.8 Å². The van der Waals surface area contributed by atoms with Crippen LogP contribution in [-0.2, 0) is 19.1 Å². The monoisotopic (exact) mass is 422 g/mol. The highest BCUT2D eigenvalue weighted by Crippen LogP contribution is 2.76. The molecule has 0 unspecified atom stereocenters. The summed E-state index contributed by atoms with van der Waals surface area (Å²) in [5, 5.41) is 45.8. The summed E-state index contributed by atoms with van der Waals surface area (Å²) < 4.78 is 11.2. The summed E-state index contributed by atoms with van der Waals surface area (Å²) >= 11 is 0. The molecule has 8 heteroatoms. The third-order valence-corrected chi connectivity index (χ3v) is 9.22. The lowest BCUT2D eigenvalue weighted by atomic mass is 9.35. The molecule has 166 valence electrons. The van der Waals surface area contributed by atoms with E-state index in [1.165, 1.54) is 6.92 Å². The number of aliphatic hydroxyl groups is 4. The number of carbonyl (C=O) groups is 2. The summed E-state index contributed by atoms with van der Waals surface area (Å²) in [5.41, 5.74) is -3.11. The van der Waals surface area contributed by atoms with E-state index in [1.807, 2.05) is 6.92 Å². The van der Waals surface area contributed by atoms with Crippen molar-refractivity contribution in [2.75, 3.05) is 13.2 Å². The first-order chi connectivity index (χ1) is 14.0. The van der Waals surface area contributed by atoms with Gasteiger partial charge in [0.2, 0.25) is 5.79 Å². The number of carbonyl (C=O) groups excluding carboxylic acids is 2. The largest absolute Gasteiger partial charge is 0.465 e. The first-order valence-electron chi connectivity index (χ1n) is 10.7. The van der Waals surface area contributed by atoms with E-state index in [1.54, 1.807) is 0 Å². The maximum atomic E-state index is 13.5. The summed E-state index contributed by atoms with van der Waals surface area (Å²) in [4.78, 5) is 25.0. The van der Waals surface area contributed by atoms with Gasteiger partial charge in [-0.05, 0) is 37.2 Å². The fraction of sp³-hybridized carbons (Fsp3) is 0.818. The van der Waals surface area contributed by atoms with Crippen molar-refractivity contribution in [1.29, 1.82) is 0 Å². The van der Waals surface area contributed by atoms with Crippen LogP contribution in [0.1, 0.15) is 39.5 Å². The van der Waals surface area contributed by atoms with Gasteiger partial charge in [-0.25, -0.2) is 0 Å². The number of ether oxygens (including phenoxy) is 2. The number of Topliss-reactive ketones (excluding diaryl/α,β-unsaturated/α-hetero) is 1. The third-order valence-electron chi connectivity index (χ3n) is 9.22. The first kappa shape index (κ1) is 20.6. The predicted molar refractivity (Wildman–Crippen MR) is 102 cm³/mol. The van der Waals surface area contributed by atoms with Gasteiger partial charge < -0.3 is 29.9 Å². The molecule has 4 saturated carbocycles. The second kappa shape index (κ2) is 5.92. The van der Waals surface area contributed by atoms with Crippen LogP contribution in [0.4, 0.5) is 0 Å². The van der Waals surface area contributed by atoms with Gasteiger partial charge in [-0.2, -0.15) is 0 Å². The number of rotatable bonds is 2. The Hall–Kier alpha value is -1.32. The predicted octanol–water partition coefficient (Wildman–Crippen LogP) is -0.0812. The Morgan fingerprint density at radius 1 is 1.30 bits per heavy atom. The minimum absolute atomic E-state index is 0.00764. The lowest BCUT2D eigenvalue weighted by Crippen LogP contribution is -2.85. The minimum atomic E-state index is -2.20. The Kier molecular flexibility index (Phi) is 4.06. The fourth-order valence-corrected chi connectivity index (χ4v) is 8.14. The van der Waals surface area contributed by atoms with Gasteiger partial charge in [0.25, 0.3) is 0 Å². The summed E-state index contributed by atoms with van der Waals surface area (Å²) in [7, 11) is 0. The second-order valence-corrected chi connectivity index (χ2v) is 10.5. The highest BCUT2D eigenvalue weighted by Gasteiger charge is 2.86. The smallest absolute Gasteiger partial charge is 0.302 e. The van der Waals surface area contributed by atoms with Crippen LogP contribution in [0.5, 0.6) is 0 Å². The lowest BCUT2D eigenvalue weighted by molar-refractivity contribution is -0.457. The van der Waals surface area contributed by atoms with Crippen LogP contribution in [0.2, 0.25) is 0 Å². The summed E-state index contributed by atoms with van der Waals surface area (Å²) in [6, 6.07) is 0. The molecule has 0 aromatic carbocycles. The standard InChI is InChI=1S/C22H30O8/c1-10-12-6-13(24)15-20-9-30-22(28,21(15,7-12)17(10)26)18(27)16(20)19(3,5-4-14(20)25)8-29-11(2)23/h12-16,18,24-25,27-28H,1,4-9H2,2-3H3/t12-,13-,14-,15+,16-,18+,19+,20-,21+,22-/m1/s1. The maximum absolute atomic E-state index is 13.5. The summed E-state index contributed by atoms with van der Waals surface area (Å²) in [6.07, 6.45) is -2.02. The molecule has 0 aromatic rings. The molecular formula is C22H30O8. The molecule has 2 aliphatic heterocycles. The minimum Gasteiger partial charge on any atom is -0.465 e. The number of esters is 1. The number of hydrogen-bond acceptors (Lipinski definition) is 8. The summed E-state index contributed by atoms with van der Waals surface area (Å²) in [6.45, 7) is 7.00. The second-order valence-electron chi connectivity index (χ2n) is 10.5. The number of fused-ring (bicyclic) bond motifs is 2. The van der Waals surface area contributed by atoms with Gasteiger partial charge in [-0.1, -0.05) is 13.5 Å². The fourth-order valence-electron chi connectivity index (χ4n) is 8.14. The molecule has 4 N–H and O–H groups in total. The third kappa shape index (κ3) is 2.00. The van der Waals surface area contributed by atoms with Crippen molar-refractivity contribution in [3.05, 3.63) is 12.2 Å². The van der Waals surface area contributed by atoms with E-state index in [9.17, 15) is 30.0 Å². The van der Waals surface area contributed by atoms with E-state index < -0.39 is 58.1 Å². The highest BCUT2D eigenvalue weighted by molar-refractivity contribution is 6.04. The highest BCUT2D eigenvalue weighted by atomic mass is 16.6. The van der Waals surface area contributed by atoms with Gasteiger partial charge >= 0.3 is 5.97 Å². The number of ketones is 1. The Bertz CT molecular complexity index is 841. The SMILES string of the molecule is C=C1C(=O)[C@]23C[C@H]1C[C@@H](O)[C@H]2[C@]12CO[C@]3(O)[C@@H](O)[C@@H]1[C@](C)(COC(C)=O)CC[C@H]2O. The molecule has 6 rings (SSSR count). The van der Waals surface area contributed by atoms with Crippen LogP contribution in [-0.4, -0.2) is 69.5 Å². The molecule has 4 aliphatic carbocycles. The van der Waals surface area contributed by atoms with Gasteiger partial charge in [-0.15, -0.1) is 0 Å². The maximum Gasteiger partial charge on any atom is 0.302 e. The van der Waals surface area contributed by atoms with E-state index >= 15 is 0 Å². The van der Waals surface area contributed by atoms with E-state index in [-0.39, 0.29) is 31.3 Å². The molecule has 2 heterocycles. The van der Waals surface area contributed by atoms with Gasteiger partial charge in [0.1, 0.15) is 6.10 Å². The molecule has 8 nitrogen and oxygen atoms in total. The van der Waals surface area contributed by atoms with Crippen LogP contribution < -0.4 is 0 Å². The average Bonchev–Trinajstić information content (AvgIpc) is 2.88. The van der Waals surface area contributed by atoms with E-state index in [2.05, 4.69) is 6.58 Å². The quantitative estimate of drug-likeness (QED) is 0.359. The topological polar surface area (TPSA) is 134 Å². The summed E-state index contributed by atoms with van der Waals surface area (Å²) in [5.74, 6) is -4.84. The number of hydrogen-bond donors (Lipinski definition) is 4. The van der Waals surface area contributed by atoms with E-state index in [0.29, 0.717) is 24.8 Å². The Balaban J connectivity index is 1.72. The van der Waals surface area contributed by atoms with Crippen molar-refractivity contribution in [3.63, 3.8) is 0 Å². The molecule has 0 radical (unpaired) electrons. The van der Waals surface area contributed by atoms with E-state index in [0.717, 1.165) is 0 Å². The van der Waals surface area contributed by atoms with Crippen molar-refractivity contribution in [2.45, 2.75) is 63.6 Å². The Morgan fingerprint density at radius 2 is 2.00 bits per heavy atom. The molecule has 30 heavy (non-hydrogen) atoms.